The molecule has 0 atom stereocenters. The van der Waals surface area contributed by atoms with Crippen LogP contribution >= 0.6 is 0 Å². The van der Waals surface area contributed by atoms with Crippen molar-refractivity contribution >= 4 is 17.1 Å². The summed E-state index contributed by atoms with van der Waals surface area (Å²) in [6, 6.07) is -0.195. The highest BCUT2D eigenvalue weighted by atomic mass is 16.4. The Balaban J connectivity index is 2.92. The van der Waals surface area contributed by atoms with E-state index in [-0.39, 0.29) is 29.5 Å². The minimum Gasteiger partial charge on any atom is -0.481 e. The molecule has 0 aromatic carbocycles. The number of aromatic nitrogens is 4. The molecule has 0 amide bonds. The Labute approximate surface area is 113 Å². The van der Waals surface area contributed by atoms with E-state index in [0.29, 0.717) is 6.54 Å². The lowest BCUT2D eigenvalue weighted by Gasteiger charge is -2.09. The first-order valence-corrected chi connectivity index (χ1v) is 6.32. The molecule has 20 heavy (non-hydrogen) atoms. The second kappa shape index (κ2) is 4.95. The zero-order valence-electron chi connectivity index (χ0n) is 11.5. The van der Waals surface area contributed by atoms with Gasteiger partial charge >= 0.3 is 11.7 Å². The standard InChI is InChI=1S/C12H16N4O4/c1-4-15-7(5-8(17)18)13-10-9(15)11(19)14-12(20)16(10)6(2)3/h6H,4-5H2,1-3H3,(H,17,18)(H,14,19,20). The molecule has 2 aromatic rings. The van der Waals surface area contributed by atoms with Crippen LogP contribution in [0.3, 0.4) is 0 Å². The molecular formula is C12H16N4O4. The van der Waals surface area contributed by atoms with Crippen molar-refractivity contribution in [2.24, 2.45) is 0 Å². The van der Waals surface area contributed by atoms with E-state index in [1.165, 1.54) is 9.13 Å². The maximum Gasteiger partial charge on any atom is 0.330 e. The van der Waals surface area contributed by atoms with Gasteiger partial charge in [-0.25, -0.2) is 9.78 Å². The summed E-state index contributed by atoms with van der Waals surface area (Å²) in [4.78, 5) is 41.2. The third-order valence-electron chi connectivity index (χ3n) is 3.05. The molecule has 0 saturated carbocycles. The highest BCUT2D eigenvalue weighted by molar-refractivity contribution is 5.74. The molecule has 8 nitrogen and oxygen atoms in total. The fourth-order valence-corrected chi connectivity index (χ4v) is 2.28. The number of nitrogens with one attached hydrogen (secondary N) is 1. The van der Waals surface area contributed by atoms with Gasteiger partial charge in [0.1, 0.15) is 12.2 Å². The van der Waals surface area contributed by atoms with Crippen molar-refractivity contribution in [3.8, 4) is 0 Å². The van der Waals surface area contributed by atoms with Crippen molar-refractivity contribution in [1.29, 1.82) is 0 Å². The first-order chi connectivity index (χ1) is 9.36. The minimum atomic E-state index is -1.04. The second-order valence-electron chi connectivity index (χ2n) is 4.74. The lowest BCUT2D eigenvalue weighted by Crippen LogP contribution is -2.32. The summed E-state index contributed by atoms with van der Waals surface area (Å²) in [6.07, 6.45) is -0.297. The van der Waals surface area contributed by atoms with Crippen LogP contribution in [0.25, 0.3) is 11.2 Å². The van der Waals surface area contributed by atoms with Crippen LogP contribution in [0.5, 0.6) is 0 Å². The second-order valence-corrected chi connectivity index (χ2v) is 4.74. The van der Waals surface area contributed by atoms with Crippen LogP contribution in [-0.4, -0.2) is 30.2 Å². The van der Waals surface area contributed by atoms with Crippen LogP contribution < -0.4 is 11.2 Å². The molecule has 0 radical (unpaired) electrons. The number of hydrogen-bond donors (Lipinski definition) is 2. The van der Waals surface area contributed by atoms with Gasteiger partial charge in [0.2, 0.25) is 0 Å². The van der Waals surface area contributed by atoms with E-state index in [1.54, 1.807) is 20.8 Å². The highest BCUT2D eigenvalue weighted by Gasteiger charge is 2.20. The van der Waals surface area contributed by atoms with Gasteiger partial charge in [-0.15, -0.1) is 0 Å². The summed E-state index contributed by atoms with van der Waals surface area (Å²) in [5.74, 6) is -0.773. The number of aromatic amines is 1. The number of imidazole rings is 1. The van der Waals surface area contributed by atoms with Crippen molar-refractivity contribution in [3.63, 3.8) is 0 Å². The van der Waals surface area contributed by atoms with Crippen LogP contribution in [0.4, 0.5) is 0 Å². The van der Waals surface area contributed by atoms with E-state index in [2.05, 4.69) is 9.97 Å². The van der Waals surface area contributed by atoms with Crippen LogP contribution in [0, 0.1) is 0 Å². The van der Waals surface area contributed by atoms with Gasteiger partial charge in [0.05, 0.1) is 0 Å². The molecule has 0 aliphatic rings. The van der Waals surface area contributed by atoms with E-state index in [0.717, 1.165) is 0 Å². The van der Waals surface area contributed by atoms with E-state index < -0.39 is 17.2 Å². The third-order valence-corrected chi connectivity index (χ3v) is 3.05. The van der Waals surface area contributed by atoms with Gasteiger partial charge in [-0.05, 0) is 20.8 Å². The molecule has 0 fully saturated rings. The van der Waals surface area contributed by atoms with Crippen molar-refractivity contribution in [1.82, 2.24) is 19.1 Å². The third kappa shape index (κ3) is 2.13. The summed E-state index contributed by atoms with van der Waals surface area (Å²) in [5.41, 5.74) is -0.628. The molecule has 2 rings (SSSR count). The number of carbonyl (C=O) groups is 1. The Morgan fingerprint density at radius 1 is 1.40 bits per heavy atom. The largest absolute Gasteiger partial charge is 0.481 e. The van der Waals surface area contributed by atoms with Crippen LogP contribution in [0.2, 0.25) is 0 Å². The average molecular weight is 280 g/mol. The summed E-state index contributed by atoms with van der Waals surface area (Å²) in [7, 11) is 0. The van der Waals surface area contributed by atoms with Gasteiger partial charge < -0.3 is 9.67 Å². The molecule has 0 spiro atoms. The van der Waals surface area contributed by atoms with Gasteiger partial charge in [0.25, 0.3) is 5.56 Å². The lowest BCUT2D eigenvalue weighted by molar-refractivity contribution is -0.136. The monoisotopic (exact) mass is 280 g/mol. The first kappa shape index (κ1) is 14.0. The topological polar surface area (TPSA) is 110 Å². The number of H-pyrrole nitrogens is 1. The molecular weight excluding hydrogens is 264 g/mol. The number of hydrogen-bond acceptors (Lipinski definition) is 4. The number of fused-ring (bicyclic) bond motifs is 1. The summed E-state index contributed by atoms with van der Waals surface area (Å²) in [5, 5.41) is 8.91. The summed E-state index contributed by atoms with van der Waals surface area (Å²) >= 11 is 0. The molecule has 0 bridgehead atoms. The number of nitrogens with zero attached hydrogens (tertiary/aromatic N) is 3. The van der Waals surface area contributed by atoms with E-state index in [1.807, 2.05) is 0 Å². The van der Waals surface area contributed by atoms with E-state index in [9.17, 15) is 14.4 Å². The Morgan fingerprint density at radius 3 is 2.55 bits per heavy atom. The molecule has 108 valence electrons. The Morgan fingerprint density at radius 2 is 2.05 bits per heavy atom. The Hall–Kier alpha value is -2.38. The maximum atomic E-state index is 12.0. The number of carboxylic acid groups (broad SMARTS) is 1. The fraction of sp³-hybridized carbons (Fsp3) is 0.500. The van der Waals surface area contributed by atoms with E-state index in [4.69, 9.17) is 5.11 Å². The zero-order valence-corrected chi connectivity index (χ0v) is 11.5. The van der Waals surface area contributed by atoms with Gasteiger partial charge in [0.15, 0.2) is 11.2 Å². The van der Waals surface area contributed by atoms with Crippen LogP contribution in [0.1, 0.15) is 32.6 Å². The van der Waals surface area contributed by atoms with Crippen LogP contribution in [-0.2, 0) is 17.8 Å². The van der Waals surface area contributed by atoms with E-state index >= 15 is 0 Å². The molecule has 2 N–H and O–H groups in total. The summed E-state index contributed by atoms with van der Waals surface area (Å²) in [6.45, 7) is 5.78. The minimum absolute atomic E-state index is 0.195. The molecule has 2 aromatic heterocycles. The fourth-order valence-electron chi connectivity index (χ4n) is 2.28. The molecule has 0 saturated heterocycles. The predicted octanol–water partition coefficient (Wildman–Crippen LogP) is 0.114. The molecule has 8 heteroatoms. The van der Waals surface area contributed by atoms with Crippen molar-refractivity contribution in [2.75, 3.05) is 0 Å². The smallest absolute Gasteiger partial charge is 0.330 e. The van der Waals surface area contributed by atoms with Gasteiger partial charge in [-0.2, -0.15) is 0 Å². The summed E-state index contributed by atoms with van der Waals surface area (Å²) < 4.78 is 2.88. The van der Waals surface area contributed by atoms with Gasteiger partial charge in [-0.1, -0.05) is 0 Å². The quantitative estimate of drug-likeness (QED) is 0.826. The number of carboxylic acids is 1. The molecule has 0 aliphatic heterocycles. The number of aryl methyl sites for hydroxylation is 1. The zero-order chi connectivity index (χ0) is 15.0. The first-order valence-electron chi connectivity index (χ1n) is 6.32. The maximum absolute atomic E-state index is 12.0. The molecule has 0 aliphatic carbocycles. The SMILES string of the molecule is CCn1c(CC(=O)O)nc2c1c(=O)[nH]c(=O)n2C(C)C. The highest BCUT2D eigenvalue weighted by Crippen LogP contribution is 2.14. The molecule has 2 heterocycles. The Kier molecular flexibility index (Phi) is 3.47. The average Bonchev–Trinajstić information content (AvgIpc) is 2.65. The van der Waals surface area contributed by atoms with Crippen molar-refractivity contribution in [2.45, 2.75) is 39.8 Å². The number of rotatable bonds is 4. The van der Waals surface area contributed by atoms with Crippen LogP contribution in [0.15, 0.2) is 9.59 Å². The normalized spacial score (nSPS) is 11.4. The van der Waals surface area contributed by atoms with Gasteiger partial charge in [-0.3, -0.25) is 19.1 Å². The Bertz CT molecular complexity index is 781. The predicted molar refractivity (Wildman–Crippen MR) is 72.0 cm³/mol. The van der Waals surface area contributed by atoms with Gasteiger partial charge in [0, 0.05) is 12.6 Å². The number of aliphatic carboxylic acids is 1. The molecule has 0 unspecified atom stereocenters. The van der Waals surface area contributed by atoms with Crippen molar-refractivity contribution in [3.05, 3.63) is 26.7 Å². The van der Waals surface area contributed by atoms with Crippen molar-refractivity contribution < 1.29 is 9.90 Å². The lowest BCUT2D eigenvalue weighted by atomic mass is 10.3.